The van der Waals surface area contributed by atoms with Crippen LogP contribution < -0.4 is 32.3 Å². The largest absolute Gasteiger partial charge is 0.479 e. The van der Waals surface area contributed by atoms with E-state index in [0.717, 1.165) is 28.0 Å². The summed E-state index contributed by atoms with van der Waals surface area (Å²) in [5, 5.41) is 40.2. The number of nitrogens with two attached hydrogens (primary N) is 1. The standard InChI is InChI=1S/C30H35N5O6S.C22H28N2O6.C8H9N3OS/c1-28(2,3)40-25(37)13-14-30(35-27(39)41-29(4,5)6,16-20-9-8-10-21(15-20)32-7)26(38)34-19-24(36)33-18-23-12-11-22(17-31)42-23;1-20(2,3)29-17(25)11-12-22(18(26)27,24-19(28)30-21(4,5)6)14-15-9-8-10-16(13-15)23-7;9-3-6-1-2-7(13-6)5-11-8(12)4-10/h8-15H,16,18-19H2,1-6H3,(H,33,36)(H,34,38)(H,35,39);8-13H,14H2,1-6H3,(H,24,28)(H,26,27);1-2H,4-5,10H2,(H,11,12)/b14-13+;12-11+;/t30-;22-;/m11./s1. The zero-order valence-electron chi connectivity index (χ0n) is 49.5. The molecule has 4 rings (SSSR count). The summed E-state index contributed by atoms with van der Waals surface area (Å²) < 4.78 is 21.1. The van der Waals surface area contributed by atoms with Crippen molar-refractivity contribution in [3.05, 3.63) is 151 Å². The maximum absolute atomic E-state index is 13.8. The zero-order chi connectivity index (χ0) is 64.4. The van der Waals surface area contributed by atoms with Crippen molar-refractivity contribution in [2.45, 2.75) is 142 Å². The minimum absolute atomic E-state index is 0.00349. The van der Waals surface area contributed by atoms with Gasteiger partial charge in [0, 0.05) is 34.7 Å². The summed E-state index contributed by atoms with van der Waals surface area (Å²) in [4.78, 5) is 109. The fourth-order valence-electron chi connectivity index (χ4n) is 6.77. The Bertz CT molecular complexity index is 3260. The molecule has 2 aromatic heterocycles. The Morgan fingerprint density at radius 3 is 1.33 bits per heavy atom. The number of ether oxygens (including phenoxy) is 4. The van der Waals surface area contributed by atoms with Crippen molar-refractivity contribution in [1.82, 2.24) is 26.6 Å². The number of nitriles is 2. The summed E-state index contributed by atoms with van der Waals surface area (Å²) in [7, 11) is 0. The van der Waals surface area contributed by atoms with Crippen LogP contribution in [0.4, 0.5) is 21.0 Å². The first-order chi connectivity index (χ1) is 39.4. The molecule has 0 unspecified atom stereocenters. The topological polar surface area (TPSA) is 336 Å². The fraction of sp³-hybridized carbons (Fsp3) is 0.400. The van der Waals surface area contributed by atoms with Crippen LogP contribution >= 0.6 is 22.7 Å². The molecule has 0 bridgehead atoms. The number of carbonyl (C=O) groups excluding carboxylic acids is 7. The van der Waals surface area contributed by atoms with Gasteiger partial charge >= 0.3 is 30.1 Å². The zero-order valence-corrected chi connectivity index (χ0v) is 51.1. The van der Waals surface area contributed by atoms with Gasteiger partial charge in [0.2, 0.25) is 11.8 Å². The van der Waals surface area contributed by atoms with E-state index in [-0.39, 0.29) is 31.8 Å². The van der Waals surface area contributed by atoms with Crippen LogP contribution in [-0.2, 0) is 73.6 Å². The van der Waals surface area contributed by atoms with Crippen molar-refractivity contribution in [1.29, 1.82) is 10.5 Å². The number of hydrogen-bond acceptors (Lipinski definition) is 17. The number of carboxylic acids is 1. The second-order valence-corrected chi connectivity index (χ2v) is 24.7. The molecule has 0 saturated carbocycles. The summed E-state index contributed by atoms with van der Waals surface area (Å²) in [5.74, 6) is -4.43. The number of carboxylic acid groups (broad SMARTS) is 1. The molecule has 452 valence electrons. The summed E-state index contributed by atoms with van der Waals surface area (Å²) in [6.07, 6.45) is 1.96. The minimum Gasteiger partial charge on any atom is -0.479 e. The Kier molecular flexibility index (Phi) is 27.4. The van der Waals surface area contributed by atoms with Crippen molar-refractivity contribution in [3.8, 4) is 12.1 Å². The van der Waals surface area contributed by atoms with Crippen LogP contribution in [0.2, 0.25) is 0 Å². The van der Waals surface area contributed by atoms with Gasteiger partial charge in [0.1, 0.15) is 49.8 Å². The first-order valence-corrected chi connectivity index (χ1v) is 27.6. The number of thiophene rings is 2. The van der Waals surface area contributed by atoms with Gasteiger partial charge in [0.05, 0.1) is 39.3 Å². The van der Waals surface area contributed by atoms with E-state index in [1.165, 1.54) is 34.8 Å². The predicted octanol–water partition coefficient (Wildman–Crippen LogP) is 8.53. The number of nitrogens with zero attached hydrogens (tertiary/aromatic N) is 4. The minimum atomic E-state index is -2.00. The molecular formula is C60H72N10O13S2. The molecule has 0 saturated heterocycles. The maximum Gasteiger partial charge on any atom is 0.408 e. The number of aliphatic carboxylic acids is 1. The molecule has 23 nitrogen and oxygen atoms in total. The molecular weight excluding hydrogens is 1130 g/mol. The number of hydrogen-bond donors (Lipinski definition) is 7. The fourth-order valence-corrected chi connectivity index (χ4v) is 8.26. The monoisotopic (exact) mass is 1200 g/mol. The van der Waals surface area contributed by atoms with E-state index in [2.05, 4.69) is 36.3 Å². The summed E-state index contributed by atoms with van der Waals surface area (Å²) >= 11 is 2.60. The Morgan fingerprint density at radius 2 is 0.965 bits per heavy atom. The highest BCUT2D eigenvalue weighted by molar-refractivity contribution is 7.12. The van der Waals surface area contributed by atoms with E-state index >= 15 is 0 Å². The van der Waals surface area contributed by atoms with Crippen molar-refractivity contribution in [3.63, 3.8) is 0 Å². The molecule has 2 aromatic carbocycles. The van der Waals surface area contributed by atoms with E-state index in [4.69, 9.17) is 48.3 Å². The molecule has 5 amide bonds. The molecule has 8 N–H and O–H groups in total. The quantitative estimate of drug-likeness (QED) is 0.0200. The van der Waals surface area contributed by atoms with Crippen LogP contribution in [0, 0.1) is 35.8 Å². The van der Waals surface area contributed by atoms with Crippen LogP contribution in [0.25, 0.3) is 9.69 Å². The van der Waals surface area contributed by atoms with Crippen LogP contribution in [0.1, 0.15) is 114 Å². The summed E-state index contributed by atoms with van der Waals surface area (Å²) in [6, 6.07) is 23.7. The lowest BCUT2D eigenvalue weighted by molar-refractivity contribution is -0.149. The molecule has 2 atom stereocenters. The highest BCUT2D eigenvalue weighted by Gasteiger charge is 2.41. The van der Waals surface area contributed by atoms with Crippen LogP contribution in [0.3, 0.4) is 0 Å². The molecule has 0 aliphatic heterocycles. The van der Waals surface area contributed by atoms with Gasteiger partial charge in [0.15, 0.2) is 16.9 Å². The molecule has 25 heteroatoms. The van der Waals surface area contributed by atoms with Gasteiger partial charge in [0.25, 0.3) is 5.91 Å². The normalized spacial score (nSPS) is 12.6. The van der Waals surface area contributed by atoms with Gasteiger partial charge in [-0.25, -0.2) is 33.7 Å². The highest BCUT2D eigenvalue weighted by Crippen LogP contribution is 2.25. The van der Waals surface area contributed by atoms with Crippen molar-refractivity contribution in [2.75, 3.05) is 13.1 Å². The van der Waals surface area contributed by atoms with Crippen LogP contribution in [0.15, 0.2) is 97.1 Å². The lowest BCUT2D eigenvalue weighted by Gasteiger charge is -2.32. The molecule has 0 radical (unpaired) electrons. The second kappa shape index (κ2) is 32.4. The van der Waals surface area contributed by atoms with Crippen LogP contribution in [0.5, 0.6) is 0 Å². The summed E-state index contributed by atoms with van der Waals surface area (Å²) in [6.45, 7) is 34.6. The Morgan fingerprint density at radius 1 is 0.576 bits per heavy atom. The first kappa shape index (κ1) is 71.7. The molecule has 85 heavy (non-hydrogen) atoms. The molecule has 0 aliphatic carbocycles. The highest BCUT2D eigenvalue weighted by atomic mass is 32.1. The Balaban J connectivity index is 0.000000495. The van der Waals surface area contributed by atoms with Gasteiger partial charge in [-0.05, 0) is 120 Å². The molecule has 2 heterocycles. The van der Waals surface area contributed by atoms with Gasteiger partial charge in [-0.3, -0.25) is 14.4 Å². The van der Waals surface area contributed by atoms with Gasteiger partial charge in [-0.2, -0.15) is 10.5 Å². The number of alkyl carbamates (subject to hydrolysis) is 2. The lowest BCUT2D eigenvalue weighted by atomic mass is 9.88. The van der Waals surface area contributed by atoms with Crippen molar-refractivity contribution < 1.29 is 62.4 Å². The molecule has 0 aliphatic rings. The van der Waals surface area contributed by atoms with E-state index in [1.54, 1.807) is 144 Å². The third-order valence-electron chi connectivity index (χ3n) is 10.2. The number of esters is 2. The van der Waals surface area contributed by atoms with E-state index < -0.39 is 81.9 Å². The van der Waals surface area contributed by atoms with Gasteiger partial charge in [-0.15, -0.1) is 22.7 Å². The average molecular weight is 1210 g/mol. The summed E-state index contributed by atoms with van der Waals surface area (Å²) in [5.41, 5.74) is -0.548. The van der Waals surface area contributed by atoms with Crippen molar-refractivity contribution in [2.24, 2.45) is 5.73 Å². The van der Waals surface area contributed by atoms with E-state index in [0.29, 0.717) is 38.8 Å². The number of amides is 5. The smallest absolute Gasteiger partial charge is 0.408 e. The number of nitrogens with one attached hydrogen (secondary N) is 5. The Labute approximate surface area is 503 Å². The number of carbonyl (C=O) groups is 8. The average Bonchev–Trinajstić information content (AvgIpc) is 4.10. The number of benzene rings is 2. The van der Waals surface area contributed by atoms with E-state index in [1.807, 2.05) is 18.2 Å². The molecule has 4 aromatic rings. The van der Waals surface area contributed by atoms with Gasteiger partial charge in [-0.1, -0.05) is 59.7 Å². The predicted molar refractivity (Wildman–Crippen MR) is 318 cm³/mol. The van der Waals surface area contributed by atoms with Crippen molar-refractivity contribution >= 4 is 81.9 Å². The van der Waals surface area contributed by atoms with E-state index in [9.17, 15) is 43.5 Å². The Hall–Kier alpha value is -9.40. The lowest BCUT2D eigenvalue weighted by Crippen LogP contribution is -2.60. The van der Waals surface area contributed by atoms with Gasteiger partial charge < -0.3 is 56.4 Å². The number of rotatable bonds is 19. The SMILES string of the molecule is N#Cc1ccc(CNC(=O)CN)s1.[C-]#[N+]c1cccc(C[C@@](/C=C/C(=O)OC(C)(C)C)(NC(=O)OC(C)(C)C)C(=O)NCC(=O)NCc2ccc(C#N)s2)c1.[C-]#[N+]c1cccc(C[C@@](/C=C/C(=O)OC(C)(C)C)(NC(=O)OC(C)(C)C)C(=O)O)c1. The second-order valence-electron chi connectivity index (χ2n) is 22.3. The first-order valence-electron chi connectivity index (χ1n) is 26.0. The third kappa shape index (κ3) is 28.4. The molecule has 0 spiro atoms. The third-order valence-corrected chi connectivity index (χ3v) is 12.1. The van der Waals surface area contributed by atoms with Crippen LogP contribution in [-0.4, -0.2) is 99.5 Å². The molecule has 0 fully saturated rings. The maximum atomic E-state index is 13.8.